The molecule has 1 N–H and O–H groups in total. The minimum Gasteiger partial charge on any atom is -0.352 e. The SMILES string of the molecule is CCN1CCC(CNC(=O)c2cc(Cl)ccc2I)C1. The molecule has 1 saturated heterocycles. The number of benzene rings is 1. The molecule has 0 saturated carbocycles. The zero-order chi connectivity index (χ0) is 13.8. The molecule has 1 aliphatic rings. The highest BCUT2D eigenvalue weighted by atomic mass is 127. The van der Waals surface area contributed by atoms with Crippen LogP contribution in [-0.4, -0.2) is 37.0 Å². The molecule has 2 rings (SSSR count). The summed E-state index contributed by atoms with van der Waals surface area (Å²) in [5, 5.41) is 3.63. The molecule has 0 aromatic heterocycles. The van der Waals surface area contributed by atoms with Gasteiger partial charge in [-0.15, -0.1) is 0 Å². The number of hydrogen-bond acceptors (Lipinski definition) is 2. The maximum absolute atomic E-state index is 12.1. The summed E-state index contributed by atoms with van der Waals surface area (Å²) in [5.74, 6) is 0.544. The number of nitrogens with one attached hydrogen (secondary N) is 1. The van der Waals surface area contributed by atoms with Crippen molar-refractivity contribution in [2.75, 3.05) is 26.2 Å². The van der Waals surface area contributed by atoms with Crippen LogP contribution in [0.5, 0.6) is 0 Å². The lowest BCUT2D eigenvalue weighted by Crippen LogP contribution is -2.31. The Kier molecular flexibility index (Phi) is 5.47. The van der Waals surface area contributed by atoms with Crippen LogP contribution in [0.1, 0.15) is 23.7 Å². The average molecular weight is 393 g/mol. The zero-order valence-corrected chi connectivity index (χ0v) is 13.9. The Balaban J connectivity index is 1.89. The molecule has 104 valence electrons. The topological polar surface area (TPSA) is 32.3 Å². The van der Waals surface area contributed by atoms with Crippen LogP contribution in [0.15, 0.2) is 18.2 Å². The van der Waals surface area contributed by atoms with E-state index in [1.165, 1.54) is 6.42 Å². The largest absolute Gasteiger partial charge is 0.352 e. The zero-order valence-electron chi connectivity index (χ0n) is 11.0. The van der Waals surface area contributed by atoms with Crippen LogP contribution in [0.3, 0.4) is 0 Å². The number of rotatable bonds is 4. The summed E-state index contributed by atoms with van der Waals surface area (Å²) >= 11 is 8.10. The second-order valence-corrected chi connectivity index (χ2v) is 6.48. The minimum atomic E-state index is -0.0261. The van der Waals surface area contributed by atoms with Crippen LogP contribution in [0.2, 0.25) is 5.02 Å². The molecule has 1 heterocycles. The van der Waals surface area contributed by atoms with Crippen molar-refractivity contribution in [3.63, 3.8) is 0 Å². The van der Waals surface area contributed by atoms with E-state index in [4.69, 9.17) is 11.6 Å². The molecule has 5 heteroatoms. The summed E-state index contributed by atoms with van der Waals surface area (Å²) in [6, 6.07) is 5.40. The Labute approximate surface area is 132 Å². The van der Waals surface area contributed by atoms with Crippen LogP contribution in [0.4, 0.5) is 0 Å². The lowest BCUT2D eigenvalue weighted by Gasteiger charge is -2.14. The van der Waals surface area contributed by atoms with E-state index in [1.54, 1.807) is 12.1 Å². The molecule has 0 spiro atoms. The molecule has 1 aromatic carbocycles. The predicted octanol–water partition coefficient (Wildman–Crippen LogP) is 3.02. The molecule has 1 fully saturated rings. The third kappa shape index (κ3) is 4.07. The van der Waals surface area contributed by atoms with E-state index in [9.17, 15) is 4.79 Å². The van der Waals surface area contributed by atoms with Gasteiger partial charge in [0.2, 0.25) is 0 Å². The first-order valence-corrected chi connectivity index (χ1v) is 8.01. The first-order chi connectivity index (χ1) is 9.10. The van der Waals surface area contributed by atoms with Crippen molar-refractivity contribution in [3.8, 4) is 0 Å². The summed E-state index contributed by atoms with van der Waals surface area (Å²) in [4.78, 5) is 14.6. The number of carbonyl (C=O) groups is 1. The maximum Gasteiger partial charge on any atom is 0.252 e. The van der Waals surface area contributed by atoms with Gasteiger partial charge in [0.05, 0.1) is 5.56 Å². The average Bonchev–Trinajstić information content (AvgIpc) is 2.87. The summed E-state index contributed by atoms with van der Waals surface area (Å²) in [6.07, 6.45) is 1.17. The summed E-state index contributed by atoms with van der Waals surface area (Å²) < 4.78 is 0.932. The molecule has 0 bridgehead atoms. The number of hydrogen-bond donors (Lipinski definition) is 1. The fourth-order valence-corrected chi connectivity index (χ4v) is 3.12. The summed E-state index contributed by atoms with van der Waals surface area (Å²) in [5.41, 5.74) is 0.665. The third-order valence-electron chi connectivity index (χ3n) is 3.54. The van der Waals surface area contributed by atoms with Gasteiger partial charge < -0.3 is 10.2 Å². The van der Waals surface area contributed by atoms with Gasteiger partial charge in [0.15, 0.2) is 0 Å². The monoisotopic (exact) mass is 392 g/mol. The highest BCUT2D eigenvalue weighted by molar-refractivity contribution is 14.1. The third-order valence-corrected chi connectivity index (χ3v) is 4.72. The van der Waals surface area contributed by atoms with Gasteiger partial charge in [-0.1, -0.05) is 18.5 Å². The van der Waals surface area contributed by atoms with Gasteiger partial charge in [0, 0.05) is 21.7 Å². The van der Waals surface area contributed by atoms with Gasteiger partial charge in [-0.25, -0.2) is 0 Å². The second-order valence-electron chi connectivity index (χ2n) is 4.88. The van der Waals surface area contributed by atoms with Crippen LogP contribution < -0.4 is 5.32 Å². The van der Waals surface area contributed by atoms with Crippen molar-refractivity contribution in [2.24, 2.45) is 5.92 Å². The Morgan fingerprint density at radius 2 is 2.37 bits per heavy atom. The van der Waals surface area contributed by atoms with Crippen molar-refractivity contribution >= 4 is 40.1 Å². The second kappa shape index (κ2) is 6.90. The minimum absolute atomic E-state index is 0.0261. The molecule has 1 amide bonds. The molecule has 1 unspecified atom stereocenters. The van der Waals surface area contributed by atoms with E-state index in [2.05, 4.69) is 39.7 Å². The maximum atomic E-state index is 12.1. The van der Waals surface area contributed by atoms with Crippen LogP contribution in [-0.2, 0) is 0 Å². The lowest BCUT2D eigenvalue weighted by molar-refractivity contribution is 0.0946. The first kappa shape index (κ1) is 15.1. The molecule has 0 aliphatic carbocycles. The standard InChI is InChI=1S/C14H18ClIN2O/c1-2-18-6-5-10(9-18)8-17-14(19)12-7-11(15)3-4-13(12)16/h3-4,7,10H,2,5-6,8-9H2,1H3,(H,17,19). The number of nitrogens with zero attached hydrogens (tertiary/aromatic N) is 1. The molecule has 1 aromatic rings. The molecule has 3 nitrogen and oxygen atoms in total. The molecule has 1 aliphatic heterocycles. The number of likely N-dealkylation sites (tertiary alicyclic amines) is 1. The molecule has 0 radical (unpaired) electrons. The van der Waals surface area contributed by atoms with Crippen LogP contribution in [0.25, 0.3) is 0 Å². The summed E-state index contributed by atoms with van der Waals surface area (Å²) in [6.45, 7) is 6.25. The van der Waals surface area contributed by atoms with Crippen molar-refractivity contribution in [2.45, 2.75) is 13.3 Å². The Morgan fingerprint density at radius 3 is 3.05 bits per heavy atom. The van der Waals surface area contributed by atoms with Crippen molar-refractivity contribution in [1.82, 2.24) is 10.2 Å². The smallest absolute Gasteiger partial charge is 0.252 e. The van der Waals surface area contributed by atoms with Gasteiger partial charge in [-0.3, -0.25) is 4.79 Å². The first-order valence-electron chi connectivity index (χ1n) is 6.55. The fraction of sp³-hybridized carbons (Fsp3) is 0.500. The van der Waals surface area contributed by atoms with Gasteiger partial charge in [-0.2, -0.15) is 0 Å². The van der Waals surface area contributed by atoms with Gasteiger partial charge >= 0.3 is 0 Å². The van der Waals surface area contributed by atoms with E-state index < -0.39 is 0 Å². The van der Waals surface area contributed by atoms with Crippen molar-refractivity contribution < 1.29 is 4.79 Å². The van der Waals surface area contributed by atoms with Gasteiger partial charge in [0.1, 0.15) is 0 Å². The fourth-order valence-electron chi connectivity index (χ4n) is 2.37. The molecular formula is C14H18ClIN2O. The lowest BCUT2D eigenvalue weighted by atomic mass is 10.1. The van der Waals surface area contributed by atoms with E-state index >= 15 is 0 Å². The van der Waals surface area contributed by atoms with E-state index in [1.807, 2.05) is 6.07 Å². The Hall–Kier alpha value is -0.330. The molecule has 19 heavy (non-hydrogen) atoms. The quantitative estimate of drug-likeness (QED) is 0.799. The number of amides is 1. The van der Waals surface area contributed by atoms with E-state index in [0.29, 0.717) is 16.5 Å². The molecular weight excluding hydrogens is 375 g/mol. The van der Waals surface area contributed by atoms with E-state index in [-0.39, 0.29) is 5.91 Å². The molecule has 1 atom stereocenters. The Morgan fingerprint density at radius 1 is 1.58 bits per heavy atom. The highest BCUT2D eigenvalue weighted by Crippen LogP contribution is 2.19. The summed E-state index contributed by atoms with van der Waals surface area (Å²) in [7, 11) is 0. The van der Waals surface area contributed by atoms with Crippen LogP contribution in [0, 0.1) is 9.49 Å². The van der Waals surface area contributed by atoms with E-state index in [0.717, 1.165) is 29.7 Å². The highest BCUT2D eigenvalue weighted by Gasteiger charge is 2.21. The van der Waals surface area contributed by atoms with Gasteiger partial charge in [0.25, 0.3) is 5.91 Å². The van der Waals surface area contributed by atoms with Crippen LogP contribution >= 0.6 is 34.2 Å². The predicted molar refractivity (Wildman–Crippen MR) is 86.7 cm³/mol. The Bertz CT molecular complexity index is 467. The van der Waals surface area contributed by atoms with Crippen molar-refractivity contribution in [3.05, 3.63) is 32.4 Å². The number of carbonyl (C=O) groups excluding carboxylic acids is 1. The normalized spacial score (nSPS) is 19.6. The number of halogens is 2. The van der Waals surface area contributed by atoms with Gasteiger partial charge in [-0.05, 0) is 66.2 Å². The van der Waals surface area contributed by atoms with Crippen molar-refractivity contribution in [1.29, 1.82) is 0 Å².